The van der Waals surface area contributed by atoms with Crippen LogP contribution in [-0.2, 0) is 6.54 Å². The molecule has 0 amide bonds. The fourth-order valence-corrected chi connectivity index (χ4v) is 1.98. The van der Waals surface area contributed by atoms with Crippen LogP contribution in [0.4, 0.5) is 0 Å². The van der Waals surface area contributed by atoms with Crippen LogP contribution in [0.15, 0.2) is 41.5 Å². The molecule has 1 heterocycles. The maximum absolute atomic E-state index is 12.0. The van der Waals surface area contributed by atoms with Crippen LogP contribution in [0.2, 0.25) is 0 Å². The molecule has 0 atom stereocenters. The van der Waals surface area contributed by atoms with E-state index in [9.17, 15) is 9.59 Å². The third kappa shape index (κ3) is 2.66. The largest absolute Gasteiger partial charge is 0.292 e. The molecule has 0 radical (unpaired) electrons. The van der Waals surface area contributed by atoms with E-state index >= 15 is 0 Å². The number of halogens is 1. The summed E-state index contributed by atoms with van der Waals surface area (Å²) >= 11 is 1.95. The van der Waals surface area contributed by atoms with Gasteiger partial charge in [-0.1, -0.05) is 30.3 Å². The average molecular weight is 354 g/mol. The van der Waals surface area contributed by atoms with Crippen molar-refractivity contribution in [3.8, 4) is 0 Å². The van der Waals surface area contributed by atoms with Crippen LogP contribution in [0.25, 0.3) is 0 Å². The van der Waals surface area contributed by atoms with Gasteiger partial charge >= 0.3 is 0 Å². The van der Waals surface area contributed by atoms with Crippen LogP contribution in [0.1, 0.15) is 16.1 Å². The molecule has 0 saturated heterocycles. The Hall–Kier alpha value is -1.50. The second-order valence-corrected chi connectivity index (χ2v) is 4.94. The lowest BCUT2D eigenvalue weighted by atomic mass is 10.1. The molecule has 0 N–H and O–H groups in total. The number of hydrogen-bond donors (Lipinski definition) is 0. The molecule has 5 heteroatoms. The van der Waals surface area contributed by atoms with Crippen LogP contribution in [0, 0.1) is 10.5 Å². The first kappa shape index (κ1) is 12.9. The molecule has 2 rings (SSSR count). The van der Waals surface area contributed by atoms with Crippen LogP contribution in [0.5, 0.6) is 0 Å². The van der Waals surface area contributed by atoms with Crippen molar-refractivity contribution in [2.45, 2.75) is 13.5 Å². The van der Waals surface area contributed by atoms with E-state index in [0.29, 0.717) is 14.8 Å². The van der Waals surface area contributed by atoms with Gasteiger partial charge in [-0.05, 0) is 29.5 Å². The number of nitrogens with zero attached hydrogens (tertiary/aromatic N) is 2. The first-order chi connectivity index (χ1) is 8.59. The zero-order chi connectivity index (χ0) is 13.1. The van der Waals surface area contributed by atoms with Gasteiger partial charge in [0.1, 0.15) is 0 Å². The summed E-state index contributed by atoms with van der Waals surface area (Å²) in [7, 11) is 0. The lowest BCUT2D eigenvalue weighted by Gasteiger charge is -2.06. The summed E-state index contributed by atoms with van der Waals surface area (Å²) in [6, 6.07) is 8.92. The van der Waals surface area contributed by atoms with Gasteiger partial charge in [0.25, 0.3) is 5.56 Å². The van der Waals surface area contributed by atoms with E-state index in [0.717, 1.165) is 0 Å². The number of Topliss-reactive ketones (excluding diaryl/α,β-unsaturated/α-hetero) is 1. The smallest absolute Gasteiger partial charge is 0.267 e. The van der Waals surface area contributed by atoms with E-state index < -0.39 is 0 Å². The lowest BCUT2D eigenvalue weighted by Crippen LogP contribution is -2.27. The van der Waals surface area contributed by atoms with Gasteiger partial charge in [-0.25, -0.2) is 4.98 Å². The van der Waals surface area contributed by atoms with E-state index in [4.69, 9.17) is 0 Å². The predicted octanol–water partition coefficient (Wildman–Crippen LogP) is 2.04. The Labute approximate surface area is 118 Å². The molecule has 1 aromatic heterocycles. The standard InChI is InChI=1S/C13H11IN2O2/c1-9-12(14)13(18)16(8-15-9)7-11(17)10-5-3-2-4-6-10/h2-6,8H,7H2,1H3. The highest BCUT2D eigenvalue weighted by molar-refractivity contribution is 14.1. The molecule has 0 aliphatic rings. The molecule has 0 unspecified atom stereocenters. The third-order valence-electron chi connectivity index (χ3n) is 2.57. The minimum absolute atomic E-state index is 0.0200. The molecule has 18 heavy (non-hydrogen) atoms. The van der Waals surface area contributed by atoms with Gasteiger partial charge in [-0.2, -0.15) is 0 Å². The van der Waals surface area contributed by atoms with Crippen LogP contribution >= 0.6 is 22.6 Å². The second-order valence-electron chi connectivity index (χ2n) is 3.87. The third-order valence-corrected chi connectivity index (χ3v) is 3.81. The van der Waals surface area contributed by atoms with Gasteiger partial charge in [0.15, 0.2) is 5.78 Å². The topological polar surface area (TPSA) is 52.0 Å². The van der Waals surface area contributed by atoms with Crippen molar-refractivity contribution < 1.29 is 4.79 Å². The number of carbonyl (C=O) groups excluding carboxylic acids is 1. The number of aromatic nitrogens is 2. The molecule has 92 valence electrons. The normalized spacial score (nSPS) is 10.3. The predicted molar refractivity (Wildman–Crippen MR) is 76.7 cm³/mol. The van der Waals surface area contributed by atoms with Crippen LogP contribution in [0.3, 0.4) is 0 Å². The second kappa shape index (κ2) is 5.43. The van der Waals surface area contributed by atoms with Crippen molar-refractivity contribution in [1.29, 1.82) is 0 Å². The minimum atomic E-state index is -0.174. The van der Waals surface area contributed by atoms with Gasteiger partial charge in [0.2, 0.25) is 0 Å². The molecule has 0 saturated carbocycles. The number of ketones is 1. The van der Waals surface area contributed by atoms with Crippen molar-refractivity contribution in [3.05, 3.63) is 61.8 Å². The summed E-state index contributed by atoms with van der Waals surface area (Å²) in [5.74, 6) is -0.0980. The van der Waals surface area contributed by atoms with Crippen LogP contribution < -0.4 is 5.56 Å². The Morgan fingerprint density at radius 2 is 2.00 bits per heavy atom. The Balaban J connectivity index is 2.29. The highest BCUT2D eigenvalue weighted by Crippen LogP contribution is 2.04. The van der Waals surface area contributed by atoms with Crippen LogP contribution in [-0.4, -0.2) is 15.3 Å². The molecule has 2 aromatic rings. The molecule has 0 fully saturated rings. The van der Waals surface area contributed by atoms with Gasteiger partial charge in [0.05, 0.1) is 22.1 Å². The van der Waals surface area contributed by atoms with Gasteiger partial charge in [-0.15, -0.1) is 0 Å². The molecule has 0 spiro atoms. The fourth-order valence-electron chi connectivity index (χ4n) is 1.53. The first-order valence-electron chi connectivity index (χ1n) is 5.39. The van der Waals surface area contributed by atoms with E-state index in [1.54, 1.807) is 31.2 Å². The minimum Gasteiger partial charge on any atom is -0.292 e. The number of carbonyl (C=O) groups is 1. The molecule has 4 nitrogen and oxygen atoms in total. The number of hydrogen-bond acceptors (Lipinski definition) is 3. The number of benzene rings is 1. The lowest BCUT2D eigenvalue weighted by molar-refractivity contribution is 0.0970. The highest BCUT2D eigenvalue weighted by atomic mass is 127. The van der Waals surface area contributed by atoms with E-state index in [-0.39, 0.29) is 17.9 Å². The Morgan fingerprint density at radius 3 is 2.67 bits per heavy atom. The summed E-state index contributed by atoms with van der Waals surface area (Å²) in [4.78, 5) is 28.0. The van der Waals surface area contributed by atoms with Crippen molar-refractivity contribution in [2.75, 3.05) is 0 Å². The number of aryl methyl sites for hydroxylation is 1. The highest BCUT2D eigenvalue weighted by Gasteiger charge is 2.10. The fraction of sp³-hybridized carbons (Fsp3) is 0.154. The van der Waals surface area contributed by atoms with Crippen molar-refractivity contribution in [1.82, 2.24) is 9.55 Å². The van der Waals surface area contributed by atoms with E-state index in [1.807, 2.05) is 28.7 Å². The average Bonchev–Trinajstić information content (AvgIpc) is 2.40. The van der Waals surface area contributed by atoms with E-state index in [1.165, 1.54) is 10.9 Å². The Morgan fingerprint density at radius 1 is 1.33 bits per heavy atom. The molecule has 1 aromatic carbocycles. The maximum atomic E-state index is 12.0. The zero-order valence-electron chi connectivity index (χ0n) is 9.76. The molecular formula is C13H11IN2O2. The van der Waals surface area contributed by atoms with Gasteiger partial charge in [-0.3, -0.25) is 14.2 Å². The summed E-state index contributed by atoms with van der Waals surface area (Å²) in [6.45, 7) is 1.79. The van der Waals surface area contributed by atoms with Crippen molar-refractivity contribution in [2.24, 2.45) is 0 Å². The number of rotatable bonds is 3. The summed E-state index contributed by atoms with van der Waals surface area (Å²) in [5, 5.41) is 0. The monoisotopic (exact) mass is 354 g/mol. The molecular weight excluding hydrogens is 343 g/mol. The molecule has 0 bridgehead atoms. The van der Waals surface area contributed by atoms with Crippen molar-refractivity contribution >= 4 is 28.4 Å². The maximum Gasteiger partial charge on any atom is 0.267 e. The first-order valence-corrected chi connectivity index (χ1v) is 6.47. The van der Waals surface area contributed by atoms with Gasteiger partial charge < -0.3 is 0 Å². The SMILES string of the molecule is Cc1ncn(CC(=O)c2ccccc2)c(=O)c1I. The quantitative estimate of drug-likeness (QED) is 0.626. The van der Waals surface area contributed by atoms with E-state index in [2.05, 4.69) is 4.98 Å². The summed E-state index contributed by atoms with van der Waals surface area (Å²) in [5.41, 5.74) is 1.11. The van der Waals surface area contributed by atoms with Crippen molar-refractivity contribution in [3.63, 3.8) is 0 Å². The molecule has 0 aliphatic heterocycles. The summed E-state index contributed by atoms with van der Waals surface area (Å²) in [6.07, 6.45) is 1.42. The summed E-state index contributed by atoms with van der Waals surface area (Å²) < 4.78 is 1.89. The zero-order valence-corrected chi connectivity index (χ0v) is 11.9. The Bertz CT molecular complexity index is 635. The molecule has 0 aliphatic carbocycles. The Kier molecular flexibility index (Phi) is 3.90. The van der Waals surface area contributed by atoms with Gasteiger partial charge in [0, 0.05) is 5.56 Å².